The predicted molar refractivity (Wildman–Crippen MR) is 70.9 cm³/mol. The van der Waals surface area contributed by atoms with Gasteiger partial charge in [-0.2, -0.15) is 0 Å². The first-order valence-electron chi connectivity index (χ1n) is 5.20. The summed E-state index contributed by atoms with van der Waals surface area (Å²) in [7, 11) is 0. The summed E-state index contributed by atoms with van der Waals surface area (Å²) in [6.45, 7) is 2.08. The van der Waals surface area contributed by atoms with E-state index in [9.17, 15) is 14.9 Å². The van der Waals surface area contributed by atoms with Crippen molar-refractivity contribution in [3.8, 4) is 0 Å². The molecule has 0 aliphatic heterocycles. The second kappa shape index (κ2) is 7.23. The first-order chi connectivity index (χ1) is 8.54. The molecule has 7 heteroatoms. The van der Waals surface area contributed by atoms with Crippen molar-refractivity contribution in [2.24, 2.45) is 0 Å². The van der Waals surface area contributed by atoms with Gasteiger partial charge < -0.3 is 4.74 Å². The molecule has 18 heavy (non-hydrogen) atoms. The Hall–Kier alpha value is -1.27. The molecule has 0 spiro atoms. The lowest BCUT2D eigenvalue weighted by molar-refractivity contribution is -0.384. The lowest BCUT2D eigenvalue weighted by atomic mass is 10.2. The Bertz CT molecular complexity index is 453. The third kappa shape index (κ3) is 4.54. The van der Waals surface area contributed by atoms with E-state index in [-0.39, 0.29) is 17.4 Å². The first-order valence-corrected chi connectivity index (χ1v) is 6.74. The van der Waals surface area contributed by atoms with E-state index in [1.165, 1.54) is 30.0 Å². The first kappa shape index (κ1) is 14.8. The van der Waals surface area contributed by atoms with E-state index in [0.29, 0.717) is 22.9 Å². The number of non-ortho nitro benzene ring substituents is 1. The summed E-state index contributed by atoms with van der Waals surface area (Å²) in [6, 6.07) is 4.25. The number of thioether (sulfide) groups is 1. The SMILES string of the molecule is CCOC(=O)CSCc1cc([N+](=O)[O-])ccc1Cl. The van der Waals surface area contributed by atoms with Crippen LogP contribution in [0.4, 0.5) is 5.69 Å². The van der Waals surface area contributed by atoms with Gasteiger partial charge in [0.2, 0.25) is 0 Å². The average Bonchev–Trinajstić information content (AvgIpc) is 2.31. The second-order valence-electron chi connectivity index (χ2n) is 3.33. The molecule has 0 unspecified atom stereocenters. The van der Waals surface area contributed by atoms with Gasteiger partial charge in [0.15, 0.2) is 0 Å². The fourth-order valence-corrected chi connectivity index (χ4v) is 2.31. The van der Waals surface area contributed by atoms with Crippen molar-refractivity contribution in [2.45, 2.75) is 12.7 Å². The van der Waals surface area contributed by atoms with E-state index in [4.69, 9.17) is 16.3 Å². The summed E-state index contributed by atoms with van der Waals surface area (Å²) in [5.74, 6) is 0.329. The molecule has 98 valence electrons. The van der Waals surface area contributed by atoms with Crippen LogP contribution in [0.3, 0.4) is 0 Å². The van der Waals surface area contributed by atoms with Crippen molar-refractivity contribution >= 4 is 35.0 Å². The minimum absolute atomic E-state index is 0.00821. The molecular weight excluding hydrogens is 278 g/mol. The van der Waals surface area contributed by atoms with Gasteiger partial charge in [-0.15, -0.1) is 11.8 Å². The molecule has 0 fully saturated rings. The van der Waals surface area contributed by atoms with Gasteiger partial charge in [-0.1, -0.05) is 11.6 Å². The molecule has 0 aromatic heterocycles. The van der Waals surface area contributed by atoms with Crippen LogP contribution >= 0.6 is 23.4 Å². The highest BCUT2D eigenvalue weighted by Gasteiger charge is 2.10. The van der Waals surface area contributed by atoms with E-state index in [0.717, 1.165) is 0 Å². The Kier molecular flexibility index (Phi) is 5.94. The van der Waals surface area contributed by atoms with E-state index in [1.807, 2.05) is 0 Å². The van der Waals surface area contributed by atoms with Crippen molar-refractivity contribution in [3.05, 3.63) is 38.9 Å². The minimum Gasteiger partial charge on any atom is -0.465 e. The molecule has 0 radical (unpaired) electrons. The zero-order chi connectivity index (χ0) is 13.5. The monoisotopic (exact) mass is 289 g/mol. The lowest BCUT2D eigenvalue weighted by Gasteiger charge is -2.04. The highest BCUT2D eigenvalue weighted by molar-refractivity contribution is 7.99. The molecule has 0 N–H and O–H groups in total. The number of carbonyl (C=O) groups is 1. The molecule has 0 aliphatic rings. The molecule has 0 amide bonds. The molecule has 0 atom stereocenters. The topological polar surface area (TPSA) is 69.4 Å². The van der Waals surface area contributed by atoms with E-state index >= 15 is 0 Å². The quantitative estimate of drug-likeness (QED) is 0.457. The van der Waals surface area contributed by atoms with Crippen molar-refractivity contribution in [1.82, 2.24) is 0 Å². The van der Waals surface area contributed by atoms with E-state index in [1.54, 1.807) is 6.92 Å². The average molecular weight is 290 g/mol. The van der Waals surface area contributed by atoms with Crippen molar-refractivity contribution in [2.75, 3.05) is 12.4 Å². The predicted octanol–water partition coefficient (Wildman–Crippen LogP) is 3.04. The van der Waals surface area contributed by atoms with Gasteiger partial charge in [-0.25, -0.2) is 0 Å². The van der Waals surface area contributed by atoms with Gasteiger partial charge in [0.05, 0.1) is 17.3 Å². The highest BCUT2D eigenvalue weighted by atomic mass is 35.5. The normalized spacial score (nSPS) is 10.1. The Morgan fingerprint density at radius 3 is 2.89 bits per heavy atom. The summed E-state index contributed by atoms with van der Waals surface area (Å²) in [6.07, 6.45) is 0. The Morgan fingerprint density at radius 2 is 2.28 bits per heavy atom. The fourth-order valence-electron chi connectivity index (χ4n) is 1.23. The van der Waals surface area contributed by atoms with Crippen molar-refractivity contribution in [3.63, 3.8) is 0 Å². The van der Waals surface area contributed by atoms with Crippen LogP contribution in [0, 0.1) is 10.1 Å². The minimum atomic E-state index is -0.476. The molecule has 1 aromatic carbocycles. The number of hydrogen-bond donors (Lipinski definition) is 0. The summed E-state index contributed by atoms with van der Waals surface area (Å²) in [5.41, 5.74) is 0.631. The number of nitro benzene ring substituents is 1. The summed E-state index contributed by atoms with van der Waals surface area (Å²) < 4.78 is 4.77. The molecule has 1 aromatic rings. The Labute approximate surface area is 114 Å². The standard InChI is InChI=1S/C11H12ClNO4S/c1-2-17-11(14)7-18-6-8-5-9(13(15)16)3-4-10(8)12/h3-5H,2,6-7H2,1H3. The van der Waals surface area contributed by atoms with Gasteiger partial charge in [0.1, 0.15) is 0 Å². The van der Waals surface area contributed by atoms with Crippen LogP contribution in [0.2, 0.25) is 5.02 Å². The van der Waals surface area contributed by atoms with Gasteiger partial charge in [-0.3, -0.25) is 14.9 Å². The highest BCUT2D eigenvalue weighted by Crippen LogP contribution is 2.25. The van der Waals surface area contributed by atoms with Crippen LogP contribution in [0.15, 0.2) is 18.2 Å². The van der Waals surface area contributed by atoms with Gasteiger partial charge in [0.25, 0.3) is 5.69 Å². The van der Waals surface area contributed by atoms with Crippen LogP contribution in [0.5, 0.6) is 0 Å². The molecule has 0 heterocycles. The van der Waals surface area contributed by atoms with Crippen molar-refractivity contribution in [1.29, 1.82) is 0 Å². The van der Waals surface area contributed by atoms with Gasteiger partial charge >= 0.3 is 5.97 Å². The van der Waals surface area contributed by atoms with Crippen LogP contribution in [-0.4, -0.2) is 23.3 Å². The van der Waals surface area contributed by atoms with E-state index < -0.39 is 4.92 Å². The van der Waals surface area contributed by atoms with Crippen LogP contribution in [0.25, 0.3) is 0 Å². The molecule has 0 bridgehead atoms. The smallest absolute Gasteiger partial charge is 0.315 e. The zero-order valence-electron chi connectivity index (χ0n) is 9.72. The number of esters is 1. The number of carbonyl (C=O) groups excluding carboxylic acids is 1. The van der Waals surface area contributed by atoms with Gasteiger partial charge in [0, 0.05) is 22.9 Å². The maximum absolute atomic E-state index is 11.1. The summed E-state index contributed by atoms with van der Waals surface area (Å²) in [5, 5.41) is 11.1. The summed E-state index contributed by atoms with van der Waals surface area (Å²) >= 11 is 7.23. The third-order valence-corrected chi connectivity index (χ3v) is 3.35. The van der Waals surface area contributed by atoms with Crippen molar-refractivity contribution < 1.29 is 14.5 Å². The molecule has 0 aliphatic carbocycles. The number of rotatable bonds is 6. The number of nitro groups is 1. The third-order valence-electron chi connectivity index (χ3n) is 2.02. The van der Waals surface area contributed by atoms with Gasteiger partial charge in [-0.05, 0) is 18.6 Å². The molecule has 0 saturated heterocycles. The number of hydrogen-bond acceptors (Lipinski definition) is 5. The zero-order valence-corrected chi connectivity index (χ0v) is 11.3. The number of ether oxygens (including phenoxy) is 1. The van der Waals surface area contributed by atoms with Crippen LogP contribution < -0.4 is 0 Å². The maximum Gasteiger partial charge on any atom is 0.315 e. The number of halogens is 1. The molecule has 0 saturated carbocycles. The summed E-state index contributed by atoms with van der Waals surface area (Å²) in [4.78, 5) is 21.2. The van der Waals surface area contributed by atoms with Crippen LogP contribution in [-0.2, 0) is 15.3 Å². The second-order valence-corrected chi connectivity index (χ2v) is 4.72. The molecule has 1 rings (SSSR count). The number of benzene rings is 1. The Morgan fingerprint density at radius 1 is 1.56 bits per heavy atom. The lowest BCUT2D eigenvalue weighted by Crippen LogP contribution is -2.06. The fraction of sp³-hybridized carbons (Fsp3) is 0.364. The molecular formula is C11H12ClNO4S. The van der Waals surface area contributed by atoms with E-state index in [2.05, 4.69) is 0 Å². The largest absolute Gasteiger partial charge is 0.465 e. The van der Waals surface area contributed by atoms with Crippen LogP contribution in [0.1, 0.15) is 12.5 Å². The Balaban J connectivity index is 2.58. The molecule has 5 nitrogen and oxygen atoms in total. The number of nitrogens with zero attached hydrogens (tertiary/aromatic N) is 1. The maximum atomic E-state index is 11.1.